The Morgan fingerprint density at radius 3 is 2.49 bits per heavy atom. The van der Waals surface area contributed by atoms with Crippen LogP contribution in [0.15, 0.2) is 73.2 Å². The van der Waals surface area contributed by atoms with E-state index in [2.05, 4.69) is 4.98 Å². The Morgan fingerprint density at radius 1 is 0.923 bits per heavy atom. The van der Waals surface area contributed by atoms with Gasteiger partial charge in [0.05, 0.1) is 16.6 Å². The number of halogens is 3. The van der Waals surface area contributed by atoms with Crippen LogP contribution in [0.25, 0.3) is 39.2 Å². The Labute approximate surface area is 222 Å². The van der Waals surface area contributed by atoms with Gasteiger partial charge in [0.15, 0.2) is 0 Å². The summed E-state index contributed by atoms with van der Waals surface area (Å²) >= 11 is 0. The number of hydrogen-bond acceptors (Lipinski definition) is 3. The van der Waals surface area contributed by atoms with Gasteiger partial charge in [0.1, 0.15) is 11.5 Å². The molecule has 0 bridgehead atoms. The Morgan fingerprint density at radius 2 is 1.72 bits per heavy atom. The molecule has 1 amide bonds. The molecule has 1 aliphatic heterocycles. The fourth-order valence-electron chi connectivity index (χ4n) is 5.64. The smallest absolute Gasteiger partial charge is 0.342 e. The van der Waals surface area contributed by atoms with Crippen molar-refractivity contribution in [1.29, 1.82) is 0 Å². The lowest BCUT2D eigenvalue weighted by atomic mass is 10.0. The number of amides is 1. The molecule has 0 N–H and O–H groups in total. The maximum Gasteiger partial charge on any atom is 0.416 e. The van der Waals surface area contributed by atoms with Crippen molar-refractivity contribution in [1.82, 2.24) is 23.8 Å². The van der Waals surface area contributed by atoms with E-state index in [-0.39, 0.29) is 17.7 Å². The first-order valence-corrected chi connectivity index (χ1v) is 13.2. The highest BCUT2D eigenvalue weighted by molar-refractivity contribution is 5.83. The van der Waals surface area contributed by atoms with E-state index in [1.807, 2.05) is 62.7 Å². The summed E-state index contributed by atoms with van der Waals surface area (Å²) in [4.78, 5) is 23.6. The number of alkyl halides is 3. The summed E-state index contributed by atoms with van der Waals surface area (Å²) in [5.41, 5.74) is 3.99. The Bertz CT molecular complexity index is 1700. The topological polar surface area (TPSA) is 55.4 Å². The molecule has 6 nitrogen and oxygen atoms in total. The van der Waals surface area contributed by atoms with Gasteiger partial charge in [-0.2, -0.15) is 13.2 Å². The van der Waals surface area contributed by atoms with Crippen molar-refractivity contribution in [3.05, 3.63) is 78.8 Å². The van der Waals surface area contributed by atoms with Crippen molar-refractivity contribution in [3.63, 3.8) is 0 Å². The quantitative estimate of drug-likeness (QED) is 0.269. The van der Waals surface area contributed by atoms with E-state index < -0.39 is 11.7 Å². The molecule has 1 aliphatic carbocycles. The summed E-state index contributed by atoms with van der Waals surface area (Å²) in [5, 5.41) is 0. The summed E-state index contributed by atoms with van der Waals surface area (Å²) in [6.45, 7) is 1.99. The van der Waals surface area contributed by atoms with E-state index in [9.17, 15) is 18.0 Å². The summed E-state index contributed by atoms with van der Waals surface area (Å²) in [7, 11) is 0. The summed E-state index contributed by atoms with van der Waals surface area (Å²) in [6.07, 6.45) is 3.98. The van der Waals surface area contributed by atoms with Gasteiger partial charge >= 0.3 is 6.18 Å². The van der Waals surface area contributed by atoms with Crippen molar-refractivity contribution < 1.29 is 18.0 Å². The Hall–Kier alpha value is -4.14. The maximum absolute atomic E-state index is 13.5. The van der Waals surface area contributed by atoms with Gasteiger partial charge in [0.25, 0.3) is 0 Å². The number of imidazole rings is 2. The molecule has 3 aromatic heterocycles. The normalized spacial score (nSPS) is 17.9. The van der Waals surface area contributed by atoms with Crippen LogP contribution in [0.2, 0.25) is 0 Å². The molecule has 2 aromatic carbocycles. The lowest BCUT2D eigenvalue weighted by Gasteiger charge is -2.18. The second-order valence-corrected chi connectivity index (χ2v) is 10.6. The molecule has 1 saturated carbocycles. The molecule has 39 heavy (non-hydrogen) atoms. The second kappa shape index (κ2) is 8.97. The lowest BCUT2D eigenvalue weighted by molar-refractivity contribution is -0.137. The van der Waals surface area contributed by atoms with Gasteiger partial charge in [-0.15, -0.1) is 0 Å². The molecule has 5 aromatic rings. The van der Waals surface area contributed by atoms with Crippen LogP contribution in [0.1, 0.15) is 24.8 Å². The van der Waals surface area contributed by atoms with E-state index in [0.717, 1.165) is 60.3 Å². The van der Waals surface area contributed by atoms with Gasteiger partial charge in [0, 0.05) is 49.7 Å². The average molecular weight is 530 g/mol. The van der Waals surface area contributed by atoms with Crippen molar-refractivity contribution >= 4 is 22.6 Å². The van der Waals surface area contributed by atoms with Gasteiger partial charge < -0.3 is 13.9 Å². The van der Waals surface area contributed by atoms with Gasteiger partial charge in [-0.05, 0) is 66.6 Å². The van der Waals surface area contributed by atoms with Crippen molar-refractivity contribution in [2.75, 3.05) is 13.1 Å². The number of benzene rings is 2. The van der Waals surface area contributed by atoms with E-state index in [1.165, 1.54) is 6.07 Å². The first-order chi connectivity index (χ1) is 18.8. The van der Waals surface area contributed by atoms with Crippen LogP contribution in [-0.2, 0) is 17.5 Å². The van der Waals surface area contributed by atoms with Crippen molar-refractivity contribution in [2.24, 2.45) is 11.8 Å². The first kappa shape index (κ1) is 23.9. The van der Waals surface area contributed by atoms with Crippen LogP contribution < -0.4 is 0 Å². The third kappa shape index (κ3) is 4.45. The molecule has 7 rings (SSSR count). The molecule has 0 spiro atoms. The fraction of sp³-hybridized carbons (Fsp3) is 0.300. The third-order valence-corrected chi connectivity index (χ3v) is 7.91. The monoisotopic (exact) mass is 529 g/mol. The Kier molecular flexibility index (Phi) is 5.50. The van der Waals surface area contributed by atoms with Gasteiger partial charge in [-0.25, -0.2) is 9.97 Å². The third-order valence-electron chi connectivity index (χ3n) is 7.91. The number of likely N-dealkylation sites (tertiary alicyclic amines) is 1. The number of pyridine rings is 1. The molecular weight excluding hydrogens is 503 g/mol. The van der Waals surface area contributed by atoms with Crippen LogP contribution in [0.3, 0.4) is 0 Å². The van der Waals surface area contributed by atoms with E-state index >= 15 is 0 Å². The van der Waals surface area contributed by atoms with Crippen molar-refractivity contribution in [3.8, 4) is 22.5 Å². The van der Waals surface area contributed by atoms with E-state index in [1.54, 1.807) is 6.20 Å². The van der Waals surface area contributed by atoms with Crippen LogP contribution in [0.5, 0.6) is 0 Å². The molecule has 4 heterocycles. The zero-order valence-corrected chi connectivity index (χ0v) is 21.1. The molecule has 1 atom stereocenters. The summed E-state index contributed by atoms with van der Waals surface area (Å²) < 4.78 is 44.4. The molecule has 0 radical (unpaired) electrons. The fourth-order valence-corrected chi connectivity index (χ4v) is 5.64. The number of nitrogens with zero attached hydrogens (tertiary/aromatic N) is 5. The van der Waals surface area contributed by atoms with Crippen LogP contribution in [0.4, 0.5) is 13.2 Å². The van der Waals surface area contributed by atoms with Crippen LogP contribution >= 0.6 is 0 Å². The molecule has 1 saturated heterocycles. The largest absolute Gasteiger partial charge is 0.416 e. The van der Waals surface area contributed by atoms with Gasteiger partial charge in [-0.1, -0.05) is 24.3 Å². The summed E-state index contributed by atoms with van der Waals surface area (Å²) in [5.74, 6) is 1.27. The first-order valence-electron chi connectivity index (χ1n) is 13.2. The molecule has 0 unspecified atom stereocenters. The molecule has 2 fully saturated rings. The Balaban J connectivity index is 1.24. The number of rotatable bonds is 5. The molecular formula is C30H26F3N5O. The molecule has 198 valence electrons. The van der Waals surface area contributed by atoms with Gasteiger partial charge in [-0.3, -0.25) is 4.79 Å². The van der Waals surface area contributed by atoms with Crippen molar-refractivity contribution in [2.45, 2.75) is 32.0 Å². The predicted octanol–water partition coefficient (Wildman–Crippen LogP) is 6.30. The SMILES string of the molecule is O=C(C1CC1)N1CC[C@H](Cn2c(-c3ccc(-c4ccn5ccnc5c4)cc3)nc3cc(C(F)(F)F)ccc32)C1. The van der Waals surface area contributed by atoms with Crippen LogP contribution in [-0.4, -0.2) is 42.8 Å². The summed E-state index contributed by atoms with van der Waals surface area (Å²) in [6, 6.07) is 15.7. The van der Waals surface area contributed by atoms with Gasteiger partial charge in [0.2, 0.25) is 5.91 Å². The number of carbonyl (C=O) groups is 1. The minimum absolute atomic E-state index is 0.182. The zero-order chi connectivity index (χ0) is 26.7. The highest BCUT2D eigenvalue weighted by atomic mass is 19.4. The zero-order valence-electron chi connectivity index (χ0n) is 21.1. The highest BCUT2D eigenvalue weighted by Gasteiger charge is 2.37. The number of hydrogen-bond donors (Lipinski definition) is 0. The van der Waals surface area contributed by atoms with Crippen LogP contribution in [0, 0.1) is 11.8 Å². The number of carbonyl (C=O) groups excluding carboxylic acids is 1. The maximum atomic E-state index is 13.5. The molecule has 2 aliphatic rings. The highest BCUT2D eigenvalue weighted by Crippen LogP contribution is 2.36. The standard InChI is InChI=1S/C30H26F3N5O/c31-30(32,33)24-7-8-26-25(16-24)35-28(38(26)18-19-9-12-37(17-19)29(39)22-5-6-22)21-3-1-20(2-4-21)23-10-13-36-14-11-34-27(36)15-23/h1-4,7-8,10-11,13-16,19,22H,5-6,9,12,17-18H2/t19-/m0/s1. The number of aromatic nitrogens is 4. The minimum Gasteiger partial charge on any atom is -0.342 e. The second-order valence-electron chi connectivity index (χ2n) is 10.6. The molecule has 9 heteroatoms. The van der Waals surface area contributed by atoms with E-state index in [4.69, 9.17) is 4.98 Å². The minimum atomic E-state index is -4.44. The lowest BCUT2D eigenvalue weighted by Crippen LogP contribution is -2.30. The predicted molar refractivity (Wildman–Crippen MR) is 142 cm³/mol. The van der Waals surface area contributed by atoms with E-state index in [0.29, 0.717) is 29.9 Å². The number of fused-ring (bicyclic) bond motifs is 2. The average Bonchev–Trinajstić information content (AvgIpc) is 3.33.